The van der Waals surface area contributed by atoms with E-state index in [9.17, 15) is 9.59 Å². The largest absolute Gasteiger partial charge is 0.475 e. The van der Waals surface area contributed by atoms with E-state index in [2.05, 4.69) is 9.97 Å². The van der Waals surface area contributed by atoms with E-state index in [0.717, 1.165) is 0 Å². The summed E-state index contributed by atoms with van der Waals surface area (Å²) in [6.07, 6.45) is 0.185. The number of nitrogen functional groups attached to an aromatic ring is 1. The average Bonchev–Trinajstić information content (AvgIpc) is 2.86. The normalized spacial score (nSPS) is 10.4. The van der Waals surface area contributed by atoms with Crippen LogP contribution < -0.4 is 11.5 Å². The summed E-state index contributed by atoms with van der Waals surface area (Å²) in [5, 5.41) is 8.69. The second-order valence-electron chi connectivity index (χ2n) is 3.56. The number of aromatic amines is 1. The first-order chi connectivity index (χ1) is 8.47. The molecule has 18 heavy (non-hydrogen) atoms. The number of carbonyl (C=O) groups is 2. The molecule has 2 rings (SSSR count). The Morgan fingerprint density at radius 2 is 2.17 bits per heavy atom. The van der Waals surface area contributed by atoms with Crippen LogP contribution in [0.2, 0.25) is 0 Å². The lowest BCUT2D eigenvalue weighted by Crippen LogP contribution is -2.13. The van der Waals surface area contributed by atoms with Gasteiger partial charge in [0.25, 0.3) is 5.91 Å². The van der Waals surface area contributed by atoms with Crippen molar-refractivity contribution in [1.29, 1.82) is 0 Å². The molecule has 8 heteroatoms. The van der Waals surface area contributed by atoms with Gasteiger partial charge in [-0.3, -0.25) is 4.79 Å². The van der Waals surface area contributed by atoms with Crippen LogP contribution in [0.5, 0.6) is 0 Å². The zero-order valence-corrected chi connectivity index (χ0v) is 9.14. The number of anilines is 1. The van der Waals surface area contributed by atoms with Gasteiger partial charge in [0.1, 0.15) is 17.3 Å². The summed E-state index contributed by atoms with van der Waals surface area (Å²) >= 11 is 0. The van der Waals surface area contributed by atoms with Crippen LogP contribution in [0.3, 0.4) is 0 Å². The lowest BCUT2D eigenvalue weighted by Gasteiger charge is -1.92. The number of nitrogens with one attached hydrogen (secondary N) is 1. The monoisotopic (exact) mass is 250 g/mol. The molecule has 0 atom stereocenters. The van der Waals surface area contributed by atoms with Gasteiger partial charge in [0.15, 0.2) is 5.82 Å². The Kier molecular flexibility index (Phi) is 2.76. The van der Waals surface area contributed by atoms with E-state index in [1.165, 1.54) is 12.1 Å². The molecule has 0 radical (unpaired) electrons. The lowest BCUT2D eigenvalue weighted by molar-refractivity contribution is 0.0660. The SMILES string of the molecule is NC(=O)c1[nH]c(Cc2ccc(C(=O)O)o2)nc1N. The van der Waals surface area contributed by atoms with E-state index >= 15 is 0 Å². The first-order valence-electron chi connectivity index (χ1n) is 4.93. The van der Waals surface area contributed by atoms with Gasteiger partial charge < -0.3 is 26.0 Å². The third-order valence-corrected chi connectivity index (χ3v) is 2.24. The van der Waals surface area contributed by atoms with Gasteiger partial charge in [0.2, 0.25) is 5.76 Å². The van der Waals surface area contributed by atoms with E-state index in [1.807, 2.05) is 0 Å². The number of nitrogens with zero attached hydrogens (tertiary/aromatic N) is 1. The number of primary amides is 1. The Hall–Kier alpha value is -2.77. The number of amides is 1. The number of nitrogens with two attached hydrogens (primary N) is 2. The maximum absolute atomic E-state index is 11.0. The highest BCUT2D eigenvalue weighted by molar-refractivity contribution is 5.95. The average molecular weight is 250 g/mol. The van der Waals surface area contributed by atoms with Crippen molar-refractivity contribution in [3.8, 4) is 0 Å². The van der Waals surface area contributed by atoms with E-state index < -0.39 is 11.9 Å². The minimum absolute atomic E-state index is 0.00233. The molecule has 94 valence electrons. The molecular formula is C10H10N4O4. The summed E-state index contributed by atoms with van der Waals surface area (Å²) in [4.78, 5) is 28.1. The zero-order chi connectivity index (χ0) is 13.3. The smallest absolute Gasteiger partial charge is 0.371 e. The first kappa shape index (κ1) is 11.7. The number of carboxylic acids is 1. The third kappa shape index (κ3) is 2.17. The molecule has 0 spiro atoms. The maximum atomic E-state index is 11.0. The molecule has 0 saturated heterocycles. The van der Waals surface area contributed by atoms with Crippen LogP contribution in [0.4, 0.5) is 5.82 Å². The van der Waals surface area contributed by atoms with Crippen LogP contribution in [-0.4, -0.2) is 27.0 Å². The van der Waals surface area contributed by atoms with Crippen molar-refractivity contribution >= 4 is 17.7 Å². The van der Waals surface area contributed by atoms with Crippen LogP contribution in [0.15, 0.2) is 16.5 Å². The highest BCUT2D eigenvalue weighted by Crippen LogP contribution is 2.14. The van der Waals surface area contributed by atoms with Crippen molar-refractivity contribution < 1.29 is 19.1 Å². The first-order valence-corrected chi connectivity index (χ1v) is 4.93. The van der Waals surface area contributed by atoms with Gasteiger partial charge in [0.05, 0.1) is 6.42 Å². The van der Waals surface area contributed by atoms with E-state index in [0.29, 0.717) is 11.6 Å². The predicted molar refractivity (Wildman–Crippen MR) is 60.0 cm³/mol. The molecule has 0 bridgehead atoms. The number of carbonyl (C=O) groups excluding carboxylic acids is 1. The molecule has 0 aliphatic heterocycles. The van der Waals surface area contributed by atoms with Crippen molar-refractivity contribution in [3.05, 3.63) is 35.2 Å². The summed E-state index contributed by atoms with van der Waals surface area (Å²) in [6, 6.07) is 2.84. The van der Waals surface area contributed by atoms with Crippen molar-refractivity contribution in [2.45, 2.75) is 6.42 Å². The van der Waals surface area contributed by atoms with E-state index in [1.54, 1.807) is 0 Å². The molecule has 1 amide bonds. The van der Waals surface area contributed by atoms with Crippen molar-refractivity contribution in [1.82, 2.24) is 9.97 Å². The van der Waals surface area contributed by atoms with Crippen molar-refractivity contribution in [2.24, 2.45) is 5.73 Å². The Morgan fingerprint density at radius 3 is 2.67 bits per heavy atom. The van der Waals surface area contributed by atoms with Crippen LogP contribution in [0.25, 0.3) is 0 Å². The summed E-state index contributed by atoms with van der Waals surface area (Å²) < 4.78 is 5.04. The molecule has 0 aliphatic rings. The Morgan fingerprint density at radius 1 is 1.44 bits per heavy atom. The second-order valence-corrected chi connectivity index (χ2v) is 3.56. The molecule has 2 aromatic heterocycles. The molecule has 0 fully saturated rings. The van der Waals surface area contributed by atoms with Gasteiger partial charge >= 0.3 is 5.97 Å². The maximum Gasteiger partial charge on any atom is 0.371 e. The highest BCUT2D eigenvalue weighted by Gasteiger charge is 2.14. The Labute approximate surface area is 101 Å². The fraction of sp³-hybridized carbons (Fsp3) is 0.100. The summed E-state index contributed by atoms with van der Waals surface area (Å²) in [5.41, 5.74) is 10.6. The highest BCUT2D eigenvalue weighted by atomic mass is 16.4. The molecule has 0 unspecified atom stereocenters. The third-order valence-electron chi connectivity index (χ3n) is 2.24. The molecule has 0 saturated carbocycles. The predicted octanol–water partition coefficient (Wildman–Crippen LogP) is -0.0272. The van der Waals surface area contributed by atoms with Gasteiger partial charge in [-0.05, 0) is 12.1 Å². The second kappa shape index (κ2) is 4.24. The number of furan rings is 1. The lowest BCUT2D eigenvalue weighted by atomic mass is 10.3. The standard InChI is InChI=1S/C10H10N4O4/c11-8-7(9(12)15)13-6(14-8)3-4-1-2-5(18-4)10(16)17/h1-2H,3,11H2,(H2,12,15)(H,13,14)(H,16,17). The molecule has 8 nitrogen and oxygen atoms in total. The number of H-pyrrole nitrogens is 1. The van der Waals surface area contributed by atoms with E-state index in [-0.39, 0.29) is 23.7 Å². The summed E-state index contributed by atoms with van der Waals surface area (Å²) in [6.45, 7) is 0. The van der Waals surface area contributed by atoms with Gasteiger partial charge in [-0.25, -0.2) is 9.78 Å². The minimum atomic E-state index is -1.15. The molecule has 0 aromatic carbocycles. The fourth-order valence-corrected chi connectivity index (χ4v) is 1.46. The molecule has 2 aromatic rings. The van der Waals surface area contributed by atoms with Gasteiger partial charge in [-0.1, -0.05) is 0 Å². The summed E-state index contributed by atoms with van der Waals surface area (Å²) in [7, 11) is 0. The number of aromatic nitrogens is 2. The van der Waals surface area contributed by atoms with Gasteiger partial charge in [-0.15, -0.1) is 0 Å². The van der Waals surface area contributed by atoms with Crippen molar-refractivity contribution in [2.75, 3.05) is 5.73 Å². The van der Waals surface area contributed by atoms with Crippen LogP contribution >= 0.6 is 0 Å². The van der Waals surface area contributed by atoms with Gasteiger partial charge in [0, 0.05) is 0 Å². The zero-order valence-electron chi connectivity index (χ0n) is 9.14. The Bertz CT molecular complexity index is 613. The number of hydrogen-bond acceptors (Lipinski definition) is 5. The van der Waals surface area contributed by atoms with Crippen LogP contribution in [-0.2, 0) is 6.42 Å². The molecule has 0 aliphatic carbocycles. The number of hydrogen-bond donors (Lipinski definition) is 4. The Balaban J connectivity index is 2.20. The topological polar surface area (TPSA) is 148 Å². The number of rotatable bonds is 4. The number of carboxylic acid groups (broad SMARTS) is 1. The molecular weight excluding hydrogens is 240 g/mol. The summed E-state index contributed by atoms with van der Waals surface area (Å²) in [5.74, 6) is -1.28. The minimum Gasteiger partial charge on any atom is -0.475 e. The molecule has 6 N–H and O–H groups in total. The van der Waals surface area contributed by atoms with Crippen LogP contribution in [0.1, 0.15) is 32.6 Å². The molecule has 2 heterocycles. The van der Waals surface area contributed by atoms with E-state index in [4.69, 9.17) is 21.0 Å². The fourth-order valence-electron chi connectivity index (χ4n) is 1.46. The van der Waals surface area contributed by atoms with Crippen molar-refractivity contribution in [3.63, 3.8) is 0 Å². The van der Waals surface area contributed by atoms with Crippen LogP contribution in [0, 0.1) is 0 Å². The quantitative estimate of drug-likeness (QED) is 0.598. The number of imidazole rings is 1. The van der Waals surface area contributed by atoms with Gasteiger partial charge in [-0.2, -0.15) is 0 Å². The number of aromatic carboxylic acids is 1.